The third-order valence-electron chi connectivity index (χ3n) is 19.2. The third kappa shape index (κ3) is 34.4. The summed E-state index contributed by atoms with van der Waals surface area (Å²) in [6.45, 7) is 22.1. The van der Waals surface area contributed by atoms with Gasteiger partial charge in [0.05, 0.1) is 55.7 Å². The minimum absolute atomic E-state index is 0.0129. The van der Waals surface area contributed by atoms with Gasteiger partial charge in [-0.25, -0.2) is 18.0 Å². The number of likely N-dealkylation sites (N-methyl/N-ethyl adjacent to an activating group) is 2. The van der Waals surface area contributed by atoms with Gasteiger partial charge < -0.3 is 60.9 Å². The molecule has 1 aliphatic rings. The van der Waals surface area contributed by atoms with E-state index in [4.69, 9.17) is 29.8 Å². The monoisotopic (exact) mass is 1510 g/mol. The van der Waals surface area contributed by atoms with Gasteiger partial charge in [0.25, 0.3) is 0 Å². The highest BCUT2D eigenvalue weighted by Crippen LogP contribution is 2.33. The van der Waals surface area contributed by atoms with Crippen molar-refractivity contribution in [1.29, 1.82) is 0 Å². The molecule has 0 radical (unpaired) electrons. The van der Waals surface area contributed by atoms with Gasteiger partial charge in [0, 0.05) is 102 Å². The predicted octanol–water partition coefficient (Wildman–Crippen LogP) is 8.44. The summed E-state index contributed by atoms with van der Waals surface area (Å²) in [7, 11) is 4.55. The van der Waals surface area contributed by atoms with E-state index in [1.165, 1.54) is 21.1 Å². The Morgan fingerprint density at radius 1 is 0.698 bits per heavy atom. The van der Waals surface area contributed by atoms with E-state index in [0.717, 1.165) is 37.5 Å². The maximum absolute atomic E-state index is 14.4. The average Bonchev–Trinajstić information content (AvgIpc) is 1.45. The number of ether oxygens (including phenoxy) is 4. The number of urea groups is 1. The Kier molecular flexibility index (Phi) is 43.2. The van der Waals surface area contributed by atoms with Gasteiger partial charge in [0.15, 0.2) is 17.3 Å². The number of hydrogen-bond donors (Lipinski definition) is 7. The second kappa shape index (κ2) is 48.5. The number of primary amides is 1. The molecule has 8 amide bonds. The molecule has 0 aliphatic carbocycles. The van der Waals surface area contributed by atoms with Crippen LogP contribution in [0.2, 0.25) is 0 Å². The SMILES string of the molecule is CC(=O)COCc1ccc(NC(=O)[C@H](CCCNC(N)=O)CC(=O)[C@@H](NC(=O)CCCC(=O)O)C(C)C)cc1.CCCCCCNC(=O)Oc1ccc(C[C@H](CC(=O)[C@H](C)[C@@H](OC)[C@@H]2CCCN2C(=O)C[C@@H](OC)[C@H]([C@@H](C)CC)N(C)C(=O)[C@@H](CC(=O)[C@H](C(C)C)N(C)C)C(C)C)C(=O)NS(C)(=O)=O)cc1. The van der Waals surface area contributed by atoms with E-state index in [1.807, 2.05) is 65.3 Å². The number of methoxy groups -OCH3 is 2. The summed E-state index contributed by atoms with van der Waals surface area (Å²) < 4.78 is 49.1. The van der Waals surface area contributed by atoms with Crippen molar-refractivity contribution in [1.82, 2.24) is 35.4 Å². The lowest BCUT2D eigenvalue weighted by molar-refractivity contribution is -0.149. The number of carboxylic acids is 1. The van der Waals surface area contributed by atoms with Gasteiger partial charge in [0.2, 0.25) is 39.6 Å². The lowest BCUT2D eigenvalue weighted by Crippen LogP contribution is -2.54. The van der Waals surface area contributed by atoms with Gasteiger partial charge in [0.1, 0.15) is 18.1 Å². The number of anilines is 1. The van der Waals surface area contributed by atoms with Crippen molar-refractivity contribution in [2.24, 2.45) is 53.1 Å². The largest absolute Gasteiger partial charge is 0.481 e. The molecular weight excluding hydrogens is 1390 g/mol. The molecule has 0 aromatic heterocycles. The molecule has 28 nitrogen and oxygen atoms in total. The summed E-state index contributed by atoms with van der Waals surface area (Å²) in [6, 6.07) is 10.5. The van der Waals surface area contributed by atoms with E-state index in [0.29, 0.717) is 50.0 Å². The Labute approximate surface area is 629 Å². The maximum atomic E-state index is 14.4. The summed E-state index contributed by atoms with van der Waals surface area (Å²) in [5, 5.41) is 19.4. The normalized spacial score (nSPS) is 15.8. The minimum atomic E-state index is -3.95. The number of hydrogen-bond acceptors (Lipinski definition) is 19. The molecule has 2 aromatic carbocycles. The molecular formula is C77H125N9O19S. The van der Waals surface area contributed by atoms with Gasteiger partial charge in [-0.05, 0) is 125 Å². The van der Waals surface area contributed by atoms with Gasteiger partial charge in [-0.2, -0.15) is 0 Å². The van der Waals surface area contributed by atoms with Gasteiger partial charge in [-0.15, -0.1) is 0 Å². The third-order valence-corrected chi connectivity index (χ3v) is 19.8. The molecule has 0 saturated carbocycles. The number of rotatable bonds is 49. The first-order chi connectivity index (χ1) is 49.8. The molecule has 0 unspecified atom stereocenters. The number of ketones is 4. The van der Waals surface area contributed by atoms with Crippen LogP contribution in [0.5, 0.6) is 5.75 Å². The number of unbranched alkanes of at least 4 members (excludes halogenated alkanes) is 3. The highest BCUT2D eigenvalue weighted by atomic mass is 32.2. The zero-order valence-electron chi connectivity index (χ0n) is 65.9. The number of nitrogens with one attached hydrogen (secondary N) is 5. The van der Waals surface area contributed by atoms with Crippen LogP contribution in [0.4, 0.5) is 15.3 Å². The van der Waals surface area contributed by atoms with Crippen LogP contribution >= 0.6 is 0 Å². The number of sulfonamides is 1. The van der Waals surface area contributed by atoms with Crippen molar-refractivity contribution in [2.75, 3.05) is 73.2 Å². The molecule has 598 valence electrons. The van der Waals surface area contributed by atoms with Crippen LogP contribution in [-0.2, 0) is 85.2 Å². The second-order valence-corrected chi connectivity index (χ2v) is 31.1. The number of nitrogens with zero attached hydrogens (tertiary/aromatic N) is 3. The molecule has 11 atom stereocenters. The number of carbonyl (C=O) groups is 12. The van der Waals surface area contributed by atoms with Crippen molar-refractivity contribution in [3.8, 4) is 5.75 Å². The van der Waals surface area contributed by atoms with Gasteiger partial charge >= 0.3 is 18.1 Å². The summed E-state index contributed by atoms with van der Waals surface area (Å²) in [6.07, 6.45) is 5.09. The van der Waals surface area contributed by atoms with E-state index in [1.54, 1.807) is 86.1 Å². The molecule has 1 saturated heterocycles. The number of carboxylic acid groups (broad SMARTS) is 1. The zero-order chi connectivity index (χ0) is 80.1. The van der Waals surface area contributed by atoms with Gasteiger partial charge in [-0.1, -0.05) is 119 Å². The maximum Gasteiger partial charge on any atom is 0.412 e. The lowest BCUT2D eigenvalue weighted by atomic mass is 9.83. The summed E-state index contributed by atoms with van der Waals surface area (Å²) in [5.74, 6) is -7.01. The molecule has 8 N–H and O–H groups in total. The fourth-order valence-electron chi connectivity index (χ4n) is 13.4. The molecule has 3 rings (SSSR count). The Morgan fingerprint density at radius 3 is 1.86 bits per heavy atom. The second-order valence-electron chi connectivity index (χ2n) is 29.3. The molecule has 1 fully saturated rings. The summed E-state index contributed by atoms with van der Waals surface area (Å²) in [4.78, 5) is 159. The first-order valence-electron chi connectivity index (χ1n) is 37.2. The predicted molar refractivity (Wildman–Crippen MR) is 404 cm³/mol. The van der Waals surface area contributed by atoms with Crippen LogP contribution in [-0.4, -0.2) is 203 Å². The van der Waals surface area contributed by atoms with Crippen molar-refractivity contribution in [3.05, 3.63) is 59.7 Å². The molecule has 0 spiro atoms. The smallest absolute Gasteiger partial charge is 0.412 e. The highest BCUT2D eigenvalue weighted by Gasteiger charge is 2.44. The van der Waals surface area contributed by atoms with Crippen LogP contribution in [0.3, 0.4) is 0 Å². The lowest BCUT2D eigenvalue weighted by Gasteiger charge is -2.41. The van der Waals surface area contributed by atoms with Crippen molar-refractivity contribution in [3.63, 3.8) is 0 Å². The fraction of sp³-hybridized carbons (Fsp3) is 0.688. The van der Waals surface area contributed by atoms with E-state index in [9.17, 15) is 66.0 Å². The quantitative estimate of drug-likeness (QED) is 0.0305. The number of aliphatic carboxylic acids is 1. The number of benzene rings is 2. The number of amides is 8. The van der Waals surface area contributed by atoms with E-state index in [2.05, 4.69) is 28.2 Å². The fourth-order valence-corrected chi connectivity index (χ4v) is 13.9. The Hall–Kier alpha value is -7.73. The number of nitrogens with two attached hydrogens (primary N) is 1. The summed E-state index contributed by atoms with van der Waals surface area (Å²) in [5.41, 5.74) is 7.04. The first kappa shape index (κ1) is 94.4. The number of Topliss-reactive ketones (excluding diaryl/α,β-unsaturated/α-hetero) is 4. The van der Waals surface area contributed by atoms with Gasteiger partial charge in [-0.3, -0.25) is 57.6 Å². The molecule has 1 aliphatic heterocycles. The first-order valence-corrected chi connectivity index (χ1v) is 39.1. The summed E-state index contributed by atoms with van der Waals surface area (Å²) >= 11 is 0. The molecule has 1 heterocycles. The zero-order valence-corrected chi connectivity index (χ0v) is 66.7. The van der Waals surface area contributed by atoms with Crippen LogP contribution in [0, 0.1) is 47.3 Å². The topological polar surface area (TPSA) is 392 Å². The Balaban J connectivity index is 0.000000829. The van der Waals surface area contributed by atoms with Crippen LogP contribution in [0.15, 0.2) is 48.5 Å². The Bertz CT molecular complexity index is 3250. The molecule has 29 heteroatoms. The number of likely N-dealkylation sites (tertiary alicyclic amines) is 1. The molecule has 0 bridgehead atoms. The molecule has 2 aromatic rings. The van der Waals surface area contributed by atoms with E-state index >= 15 is 0 Å². The van der Waals surface area contributed by atoms with Crippen molar-refractivity contribution in [2.45, 2.75) is 228 Å². The molecule has 106 heavy (non-hydrogen) atoms. The van der Waals surface area contributed by atoms with Crippen LogP contribution in [0.1, 0.15) is 190 Å². The minimum Gasteiger partial charge on any atom is -0.481 e. The van der Waals surface area contributed by atoms with Crippen molar-refractivity contribution >= 4 is 86.5 Å². The Morgan fingerprint density at radius 2 is 1.32 bits per heavy atom. The number of carbonyl (C=O) groups excluding carboxylic acids is 11. The van der Waals surface area contributed by atoms with Crippen LogP contribution in [0.25, 0.3) is 0 Å². The van der Waals surface area contributed by atoms with E-state index in [-0.39, 0.29) is 148 Å². The van der Waals surface area contributed by atoms with Crippen LogP contribution < -0.4 is 36.5 Å². The van der Waals surface area contributed by atoms with E-state index < -0.39 is 99.8 Å². The highest BCUT2D eigenvalue weighted by molar-refractivity contribution is 7.89. The standard InChI is InChI=1S/C50H85N5O11S.C27H40N4O8/c1-15-17-18-19-26-51-50(61)66-38-24-22-36(23-25-38)28-37(48(59)52-67(14,62)63)29-41(56)35(8)47(65-13)40-21-20-27-55(40)44(58)31-43(64-12)46(34(7)16-2)54(11)49(60)39(32(3)4)30-42(57)45(33(5)6)53(9)10;1-17(2)25(31-23(34)7-4-8-24(35)36)22(33)14-20(6-5-13-29-27(28)38)26(37)30-21-11-9-19(10-12-21)16-39-15-18(3)32/h22-25,32-35,37,39-40,43,45-47H,15-21,26-31H2,1-14H3,(H,51,61)(H,52,59);9-12,17,20,25H,4-8,13-16H2,1-3H3,(H,30,37)(H,31,34)(H,35,36)(H3,28,29,38)/t34-,35-,37+,39-,40-,43+,45-,46-,47+;20-,25+/m01/s1. The van der Waals surface area contributed by atoms with Crippen molar-refractivity contribution < 1.29 is 90.0 Å². The average molecular weight is 1510 g/mol.